The Morgan fingerprint density at radius 3 is 2.52 bits per heavy atom. The molecule has 8 nitrogen and oxygen atoms in total. The van der Waals surface area contributed by atoms with E-state index in [1.807, 2.05) is 0 Å². The Hall–Kier alpha value is -2.64. The summed E-state index contributed by atoms with van der Waals surface area (Å²) in [7, 11) is 1.37. The second-order valence-corrected chi connectivity index (χ2v) is 5.40. The van der Waals surface area contributed by atoms with E-state index in [0.717, 1.165) is 38.2 Å². The monoisotopic (exact) mass is 321 g/mol. The smallest absolute Gasteiger partial charge is 0.313 e. The van der Waals surface area contributed by atoms with E-state index in [2.05, 4.69) is 10.6 Å². The minimum absolute atomic E-state index is 0.00834. The van der Waals surface area contributed by atoms with Crippen LogP contribution in [0.4, 0.5) is 11.4 Å². The normalized spacial score (nSPS) is 14.8. The van der Waals surface area contributed by atoms with Gasteiger partial charge in [-0.05, 0) is 18.9 Å². The topological polar surface area (TPSA) is 111 Å². The standard InChI is InChI=1S/C15H19N3O5/c1-23-13-8-7-11(18(21)22)9-12(13)17-15(20)14(19)16-10-5-3-2-4-6-10/h7-10H,2-6H2,1H3,(H,16,19)(H,17,20). The van der Waals surface area contributed by atoms with Crippen molar-refractivity contribution in [3.8, 4) is 5.75 Å². The number of ether oxygens (including phenoxy) is 1. The van der Waals surface area contributed by atoms with Crippen LogP contribution in [0, 0.1) is 10.1 Å². The summed E-state index contributed by atoms with van der Waals surface area (Å²) in [6, 6.07) is 3.79. The first-order valence-corrected chi connectivity index (χ1v) is 7.45. The molecule has 0 aliphatic heterocycles. The van der Waals surface area contributed by atoms with E-state index in [0.29, 0.717) is 0 Å². The van der Waals surface area contributed by atoms with Crippen LogP contribution in [-0.2, 0) is 9.59 Å². The fraction of sp³-hybridized carbons (Fsp3) is 0.467. The average Bonchev–Trinajstić information content (AvgIpc) is 2.55. The molecule has 0 unspecified atom stereocenters. The van der Waals surface area contributed by atoms with Gasteiger partial charge in [0.05, 0.1) is 17.7 Å². The van der Waals surface area contributed by atoms with Crippen LogP contribution < -0.4 is 15.4 Å². The summed E-state index contributed by atoms with van der Waals surface area (Å²) in [5.74, 6) is -1.37. The lowest BCUT2D eigenvalue weighted by atomic mass is 9.95. The zero-order valence-electron chi connectivity index (χ0n) is 12.8. The van der Waals surface area contributed by atoms with Gasteiger partial charge in [-0.15, -0.1) is 0 Å². The zero-order valence-corrected chi connectivity index (χ0v) is 12.8. The van der Waals surface area contributed by atoms with Gasteiger partial charge in [0.15, 0.2) is 0 Å². The Morgan fingerprint density at radius 1 is 1.22 bits per heavy atom. The largest absolute Gasteiger partial charge is 0.495 e. The van der Waals surface area contributed by atoms with Gasteiger partial charge in [0.2, 0.25) is 0 Å². The Morgan fingerprint density at radius 2 is 1.91 bits per heavy atom. The van der Waals surface area contributed by atoms with Crippen LogP contribution in [0.2, 0.25) is 0 Å². The number of benzene rings is 1. The number of amides is 2. The number of hydrogen-bond acceptors (Lipinski definition) is 5. The maximum absolute atomic E-state index is 12.0. The van der Waals surface area contributed by atoms with E-state index in [1.165, 1.54) is 19.2 Å². The number of rotatable bonds is 4. The molecule has 1 saturated carbocycles. The molecule has 23 heavy (non-hydrogen) atoms. The number of hydrogen-bond donors (Lipinski definition) is 2. The molecule has 124 valence electrons. The molecule has 0 radical (unpaired) electrons. The number of carbonyl (C=O) groups is 2. The molecular formula is C15H19N3O5. The SMILES string of the molecule is COc1ccc([N+](=O)[O-])cc1NC(=O)C(=O)NC1CCCCC1. The van der Waals surface area contributed by atoms with E-state index in [1.54, 1.807) is 0 Å². The van der Waals surface area contributed by atoms with Gasteiger partial charge in [0, 0.05) is 18.2 Å². The lowest BCUT2D eigenvalue weighted by molar-refractivity contribution is -0.384. The highest BCUT2D eigenvalue weighted by Crippen LogP contribution is 2.28. The first-order valence-electron chi connectivity index (χ1n) is 7.45. The van der Waals surface area contributed by atoms with Gasteiger partial charge in [-0.25, -0.2) is 0 Å². The minimum Gasteiger partial charge on any atom is -0.495 e. The first kappa shape index (κ1) is 16.7. The third-order valence-corrected chi connectivity index (χ3v) is 3.79. The van der Waals surface area contributed by atoms with Crippen LogP contribution >= 0.6 is 0 Å². The predicted molar refractivity (Wildman–Crippen MR) is 83.3 cm³/mol. The third-order valence-electron chi connectivity index (χ3n) is 3.79. The van der Waals surface area contributed by atoms with Gasteiger partial charge in [-0.2, -0.15) is 0 Å². The van der Waals surface area contributed by atoms with Crippen molar-refractivity contribution in [2.75, 3.05) is 12.4 Å². The predicted octanol–water partition coefficient (Wildman–Crippen LogP) is 1.99. The summed E-state index contributed by atoms with van der Waals surface area (Å²) in [4.78, 5) is 34.1. The number of nitro benzene ring substituents is 1. The van der Waals surface area contributed by atoms with Crippen molar-refractivity contribution >= 4 is 23.2 Å². The Balaban J connectivity index is 2.04. The molecule has 1 aromatic carbocycles. The van der Waals surface area contributed by atoms with E-state index >= 15 is 0 Å². The van der Waals surface area contributed by atoms with Crippen molar-refractivity contribution in [3.05, 3.63) is 28.3 Å². The number of non-ortho nitro benzene ring substituents is 1. The van der Waals surface area contributed by atoms with Crippen molar-refractivity contribution in [3.63, 3.8) is 0 Å². The van der Waals surface area contributed by atoms with Crippen LogP contribution in [0.3, 0.4) is 0 Å². The highest BCUT2D eigenvalue weighted by atomic mass is 16.6. The summed E-state index contributed by atoms with van der Waals surface area (Å²) >= 11 is 0. The lowest BCUT2D eigenvalue weighted by Gasteiger charge is -2.22. The van der Waals surface area contributed by atoms with Crippen LogP contribution in [-0.4, -0.2) is 29.9 Å². The summed E-state index contributed by atoms with van der Waals surface area (Å²) in [6.45, 7) is 0. The average molecular weight is 321 g/mol. The summed E-state index contributed by atoms with van der Waals surface area (Å²) < 4.78 is 5.04. The number of anilines is 1. The van der Waals surface area contributed by atoms with Gasteiger partial charge < -0.3 is 15.4 Å². The Kier molecular flexibility index (Phi) is 5.51. The zero-order chi connectivity index (χ0) is 16.8. The van der Waals surface area contributed by atoms with Crippen LogP contribution in [0.1, 0.15) is 32.1 Å². The van der Waals surface area contributed by atoms with E-state index in [-0.39, 0.29) is 23.2 Å². The van der Waals surface area contributed by atoms with Crippen LogP contribution in [0.5, 0.6) is 5.75 Å². The van der Waals surface area contributed by atoms with Gasteiger partial charge in [0.25, 0.3) is 5.69 Å². The lowest BCUT2D eigenvalue weighted by Crippen LogP contribution is -2.42. The van der Waals surface area contributed by atoms with E-state index < -0.39 is 16.7 Å². The molecule has 2 rings (SSSR count). The molecule has 0 bridgehead atoms. The third kappa shape index (κ3) is 4.41. The molecule has 0 saturated heterocycles. The Labute approximate surface area is 133 Å². The summed E-state index contributed by atoms with van der Waals surface area (Å²) in [5, 5.41) is 15.9. The number of carbonyl (C=O) groups excluding carboxylic acids is 2. The Bertz CT molecular complexity index is 611. The molecule has 0 spiro atoms. The minimum atomic E-state index is -0.866. The molecule has 0 aromatic heterocycles. The molecule has 2 N–H and O–H groups in total. The maximum atomic E-state index is 12.0. The highest BCUT2D eigenvalue weighted by molar-refractivity contribution is 6.39. The quantitative estimate of drug-likeness (QED) is 0.500. The van der Waals surface area contributed by atoms with Crippen LogP contribution in [0.15, 0.2) is 18.2 Å². The maximum Gasteiger partial charge on any atom is 0.313 e. The van der Waals surface area contributed by atoms with Crippen molar-refractivity contribution in [1.82, 2.24) is 5.32 Å². The number of methoxy groups -OCH3 is 1. The summed E-state index contributed by atoms with van der Waals surface area (Å²) in [5.41, 5.74) is -0.112. The molecule has 1 aliphatic rings. The second kappa shape index (κ2) is 7.57. The van der Waals surface area contributed by atoms with Crippen molar-refractivity contribution < 1.29 is 19.2 Å². The van der Waals surface area contributed by atoms with Gasteiger partial charge in [0.1, 0.15) is 5.75 Å². The van der Waals surface area contributed by atoms with Crippen LogP contribution in [0.25, 0.3) is 0 Å². The molecule has 8 heteroatoms. The molecule has 2 amide bonds. The van der Waals surface area contributed by atoms with E-state index in [9.17, 15) is 19.7 Å². The molecule has 1 fully saturated rings. The first-order chi connectivity index (χ1) is 11.0. The number of nitro groups is 1. The molecule has 0 atom stereocenters. The highest BCUT2D eigenvalue weighted by Gasteiger charge is 2.22. The molecule has 1 aromatic rings. The molecular weight excluding hydrogens is 302 g/mol. The number of nitrogens with one attached hydrogen (secondary N) is 2. The summed E-state index contributed by atoms with van der Waals surface area (Å²) in [6.07, 6.45) is 4.93. The fourth-order valence-corrected chi connectivity index (χ4v) is 2.58. The second-order valence-electron chi connectivity index (χ2n) is 5.40. The van der Waals surface area contributed by atoms with Gasteiger partial charge >= 0.3 is 11.8 Å². The number of nitrogens with zero attached hydrogens (tertiary/aromatic N) is 1. The van der Waals surface area contributed by atoms with Crippen molar-refractivity contribution in [2.24, 2.45) is 0 Å². The van der Waals surface area contributed by atoms with E-state index in [4.69, 9.17) is 4.74 Å². The molecule has 0 heterocycles. The fourth-order valence-electron chi connectivity index (χ4n) is 2.58. The molecule has 1 aliphatic carbocycles. The van der Waals surface area contributed by atoms with Gasteiger partial charge in [-0.1, -0.05) is 19.3 Å². The van der Waals surface area contributed by atoms with Crippen molar-refractivity contribution in [1.29, 1.82) is 0 Å². The van der Waals surface area contributed by atoms with Gasteiger partial charge in [-0.3, -0.25) is 19.7 Å². The van der Waals surface area contributed by atoms with Crippen molar-refractivity contribution in [2.45, 2.75) is 38.1 Å².